The molecule has 9 nitrogen and oxygen atoms in total. The summed E-state index contributed by atoms with van der Waals surface area (Å²) in [5.41, 5.74) is 3.33. The maximum Gasteiger partial charge on any atom is 0.267 e. The summed E-state index contributed by atoms with van der Waals surface area (Å²) in [5.74, 6) is -0.245. The Labute approximate surface area is 170 Å². The normalized spacial score (nSPS) is 18.5. The van der Waals surface area contributed by atoms with Crippen molar-refractivity contribution < 1.29 is 9.53 Å². The molecule has 5 rings (SSSR count). The largest absolute Gasteiger partial charge is 0.377 e. The average Bonchev–Trinajstić information content (AvgIpc) is 3.43. The van der Waals surface area contributed by atoms with Crippen molar-refractivity contribution in [3.05, 3.63) is 77.1 Å². The van der Waals surface area contributed by atoms with Crippen molar-refractivity contribution in [2.45, 2.75) is 12.1 Å². The van der Waals surface area contributed by atoms with Gasteiger partial charge in [0.2, 0.25) is 0 Å². The molecule has 1 aromatic carbocycles. The number of hydrogen-bond donors (Lipinski definition) is 2. The Morgan fingerprint density at radius 3 is 2.87 bits per heavy atom. The molecule has 0 radical (unpaired) electrons. The first kappa shape index (κ1) is 18.2. The van der Waals surface area contributed by atoms with Crippen LogP contribution in [0.1, 0.15) is 16.4 Å². The van der Waals surface area contributed by atoms with Gasteiger partial charge in [-0.1, -0.05) is 0 Å². The zero-order chi connectivity index (χ0) is 20.5. The van der Waals surface area contributed by atoms with Crippen molar-refractivity contribution in [3.63, 3.8) is 0 Å². The molecular weight excluding hydrogens is 384 g/mol. The maximum absolute atomic E-state index is 12.8. The van der Waals surface area contributed by atoms with Crippen LogP contribution in [0.2, 0.25) is 0 Å². The Morgan fingerprint density at radius 1 is 1.13 bits per heavy atom. The highest BCUT2D eigenvalue weighted by molar-refractivity contribution is 5.97. The van der Waals surface area contributed by atoms with Gasteiger partial charge in [-0.05, 0) is 36.4 Å². The van der Waals surface area contributed by atoms with Crippen molar-refractivity contribution in [1.29, 1.82) is 0 Å². The lowest BCUT2D eigenvalue weighted by molar-refractivity contribution is 0.0925. The molecule has 1 amide bonds. The van der Waals surface area contributed by atoms with Gasteiger partial charge < -0.3 is 15.0 Å². The first-order chi connectivity index (χ1) is 14.7. The number of fused-ring (bicyclic) bond motifs is 1. The van der Waals surface area contributed by atoms with Gasteiger partial charge in [-0.25, -0.2) is 9.67 Å². The van der Waals surface area contributed by atoms with E-state index in [4.69, 9.17) is 4.74 Å². The van der Waals surface area contributed by atoms with Gasteiger partial charge in [0.15, 0.2) is 0 Å². The van der Waals surface area contributed by atoms with Gasteiger partial charge >= 0.3 is 0 Å². The zero-order valence-corrected chi connectivity index (χ0v) is 15.9. The lowest BCUT2D eigenvalue weighted by Crippen LogP contribution is -2.44. The first-order valence-electron chi connectivity index (χ1n) is 9.51. The highest BCUT2D eigenvalue weighted by Crippen LogP contribution is 2.21. The van der Waals surface area contributed by atoms with Gasteiger partial charge in [-0.3, -0.25) is 14.6 Å². The predicted octanol–water partition coefficient (Wildman–Crippen LogP) is 1.55. The van der Waals surface area contributed by atoms with Gasteiger partial charge in [0.25, 0.3) is 11.5 Å². The average molecular weight is 402 g/mol. The van der Waals surface area contributed by atoms with Crippen LogP contribution in [-0.2, 0) is 4.74 Å². The van der Waals surface area contributed by atoms with Crippen LogP contribution in [0.4, 0.5) is 0 Å². The molecule has 1 aliphatic rings. The summed E-state index contributed by atoms with van der Waals surface area (Å²) in [4.78, 5) is 36.5. The van der Waals surface area contributed by atoms with Crippen LogP contribution in [0.3, 0.4) is 0 Å². The molecule has 4 heterocycles. The number of hydrogen-bond acceptors (Lipinski definition) is 6. The van der Waals surface area contributed by atoms with Crippen LogP contribution in [0, 0.1) is 0 Å². The van der Waals surface area contributed by atoms with Gasteiger partial charge in [0.1, 0.15) is 6.04 Å². The number of nitrogens with zero attached hydrogens (tertiary/aromatic N) is 4. The summed E-state index contributed by atoms with van der Waals surface area (Å²) < 4.78 is 6.97. The number of carbonyl (C=O) groups is 1. The smallest absolute Gasteiger partial charge is 0.267 e. The molecule has 4 aromatic rings. The molecule has 2 unspecified atom stereocenters. The van der Waals surface area contributed by atoms with E-state index in [-0.39, 0.29) is 24.1 Å². The number of carbonyl (C=O) groups excluding carboxylic acids is 1. The van der Waals surface area contributed by atoms with Crippen LogP contribution in [0.5, 0.6) is 0 Å². The zero-order valence-electron chi connectivity index (χ0n) is 15.9. The molecule has 0 bridgehead atoms. The maximum atomic E-state index is 12.8. The molecule has 1 saturated heterocycles. The molecule has 9 heteroatoms. The minimum Gasteiger partial charge on any atom is -0.377 e. The van der Waals surface area contributed by atoms with Crippen LogP contribution in [0.25, 0.3) is 22.3 Å². The number of imidazole rings is 1. The number of pyridine rings is 1. The summed E-state index contributed by atoms with van der Waals surface area (Å²) >= 11 is 0. The van der Waals surface area contributed by atoms with Crippen LogP contribution >= 0.6 is 0 Å². The molecule has 3 aromatic heterocycles. The predicted molar refractivity (Wildman–Crippen MR) is 109 cm³/mol. The van der Waals surface area contributed by atoms with E-state index in [2.05, 4.69) is 25.4 Å². The van der Waals surface area contributed by atoms with E-state index in [9.17, 15) is 9.59 Å². The quantitative estimate of drug-likeness (QED) is 0.535. The summed E-state index contributed by atoms with van der Waals surface area (Å²) in [7, 11) is 0. The van der Waals surface area contributed by atoms with Crippen molar-refractivity contribution in [3.8, 4) is 11.3 Å². The number of amides is 1. The summed E-state index contributed by atoms with van der Waals surface area (Å²) in [6.07, 6.45) is 4.93. The second-order valence-corrected chi connectivity index (χ2v) is 7.06. The molecular formula is C21H18N6O3. The van der Waals surface area contributed by atoms with E-state index in [0.717, 1.165) is 16.6 Å². The van der Waals surface area contributed by atoms with Crippen molar-refractivity contribution in [2.24, 2.45) is 0 Å². The molecule has 2 N–H and O–H groups in total. The van der Waals surface area contributed by atoms with E-state index < -0.39 is 6.04 Å². The van der Waals surface area contributed by atoms with Gasteiger partial charge in [-0.2, -0.15) is 5.10 Å². The topological polar surface area (TPSA) is 115 Å². The van der Waals surface area contributed by atoms with E-state index in [1.54, 1.807) is 43.0 Å². The third kappa shape index (κ3) is 3.35. The Bertz CT molecular complexity index is 1270. The summed E-state index contributed by atoms with van der Waals surface area (Å²) in [6, 6.07) is 11.3. The number of aromatic nitrogens is 5. The number of aromatic amines is 1. The van der Waals surface area contributed by atoms with Gasteiger partial charge in [0.05, 0.1) is 42.3 Å². The Morgan fingerprint density at radius 2 is 2.00 bits per heavy atom. The second-order valence-electron chi connectivity index (χ2n) is 7.06. The van der Waals surface area contributed by atoms with Crippen molar-refractivity contribution in [2.75, 3.05) is 13.2 Å². The third-order valence-corrected chi connectivity index (χ3v) is 5.16. The van der Waals surface area contributed by atoms with Gasteiger partial charge in [-0.15, -0.1) is 0 Å². The van der Waals surface area contributed by atoms with Crippen molar-refractivity contribution in [1.82, 2.24) is 30.0 Å². The third-order valence-electron chi connectivity index (χ3n) is 5.16. The number of benzene rings is 1. The highest BCUT2D eigenvalue weighted by atomic mass is 16.5. The summed E-state index contributed by atoms with van der Waals surface area (Å²) in [5, 5.41) is 7.50. The molecule has 1 aliphatic heterocycles. The molecule has 0 spiro atoms. The summed E-state index contributed by atoms with van der Waals surface area (Å²) in [6.45, 7) is 0.591. The number of rotatable bonds is 4. The number of ether oxygens (including phenoxy) is 1. The SMILES string of the molecule is O=C(NC1COCC1n1nc(-c2ccncc2)ccc1=O)c1ccc2nc[nH]c2c1. The molecule has 2 atom stereocenters. The minimum absolute atomic E-state index is 0.245. The first-order valence-corrected chi connectivity index (χ1v) is 9.51. The van der Waals surface area contributed by atoms with Crippen LogP contribution < -0.4 is 10.9 Å². The number of H-pyrrole nitrogens is 1. The fourth-order valence-electron chi connectivity index (χ4n) is 3.59. The van der Waals surface area contributed by atoms with E-state index in [1.807, 2.05) is 12.1 Å². The second kappa shape index (κ2) is 7.53. The van der Waals surface area contributed by atoms with E-state index in [0.29, 0.717) is 17.9 Å². The Balaban J connectivity index is 1.41. The van der Waals surface area contributed by atoms with E-state index in [1.165, 1.54) is 10.7 Å². The van der Waals surface area contributed by atoms with Gasteiger partial charge in [0, 0.05) is 29.6 Å². The molecule has 1 fully saturated rings. The van der Waals surface area contributed by atoms with Crippen LogP contribution in [-0.4, -0.2) is 49.9 Å². The Kier molecular flexibility index (Phi) is 4.56. The molecule has 150 valence electrons. The highest BCUT2D eigenvalue weighted by Gasteiger charge is 2.33. The van der Waals surface area contributed by atoms with Crippen LogP contribution in [0.15, 0.2) is 66.0 Å². The minimum atomic E-state index is -0.404. The molecule has 30 heavy (non-hydrogen) atoms. The molecule has 0 saturated carbocycles. The van der Waals surface area contributed by atoms with E-state index >= 15 is 0 Å². The monoisotopic (exact) mass is 402 g/mol. The fraction of sp³-hybridized carbons (Fsp3) is 0.190. The fourth-order valence-corrected chi connectivity index (χ4v) is 3.59. The Hall–Kier alpha value is -3.85. The van der Waals surface area contributed by atoms with Crippen molar-refractivity contribution >= 4 is 16.9 Å². The number of nitrogens with one attached hydrogen (secondary N) is 2. The standard InChI is InChI=1S/C21H18N6O3/c28-20-4-3-15(13-5-7-22-8-6-13)26-27(20)19-11-30-10-18(19)25-21(29)14-1-2-16-17(9-14)24-12-23-16/h1-9,12,18-19H,10-11H2,(H,23,24)(H,25,29). The lowest BCUT2D eigenvalue weighted by atomic mass is 10.1. The lowest BCUT2D eigenvalue weighted by Gasteiger charge is -2.20. The molecule has 0 aliphatic carbocycles.